The number of rotatable bonds is 5. The third-order valence-electron chi connectivity index (χ3n) is 2.66. The third-order valence-corrected chi connectivity index (χ3v) is 3.33. The van der Waals surface area contributed by atoms with Crippen molar-refractivity contribution < 1.29 is 4.92 Å². The van der Waals surface area contributed by atoms with Crippen molar-refractivity contribution >= 4 is 21.6 Å². The highest BCUT2D eigenvalue weighted by molar-refractivity contribution is 9.10. The molecule has 1 aromatic heterocycles. The van der Waals surface area contributed by atoms with Crippen molar-refractivity contribution in [1.82, 2.24) is 20.5 Å². The van der Waals surface area contributed by atoms with Gasteiger partial charge in [0.15, 0.2) is 0 Å². The van der Waals surface area contributed by atoms with Crippen LogP contribution in [0.25, 0.3) is 0 Å². The lowest BCUT2D eigenvalue weighted by atomic mass is 10.2. The summed E-state index contributed by atoms with van der Waals surface area (Å²) in [6.45, 7) is 2.45. The molecule has 2 aromatic rings. The van der Waals surface area contributed by atoms with Gasteiger partial charge in [-0.25, -0.2) is 4.98 Å². The lowest BCUT2D eigenvalue weighted by Gasteiger charge is -2.10. The average molecular weight is 326 g/mol. The summed E-state index contributed by atoms with van der Waals surface area (Å²) < 4.78 is 0.476. The second-order valence-electron chi connectivity index (χ2n) is 4.02. The fourth-order valence-electron chi connectivity index (χ4n) is 1.60. The first-order valence-corrected chi connectivity index (χ1v) is 6.38. The molecular formula is C11H12BrN5O2. The molecule has 0 saturated carbocycles. The number of nitrogens with one attached hydrogen (secondary N) is 2. The zero-order valence-electron chi connectivity index (χ0n) is 10.1. The number of nitro groups is 1. The SMILES string of the molecule is CC(NCc1ccc(Br)c([N+](=O)[O-])c1)c1ncn[nH]1. The predicted octanol–water partition coefficient (Wildman–Crippen LogP) is 2.33. The zero-order chi connectivity index (χ0) is 13.8. The van der Waals surface area contributed by atoms with Crippen molar-refractivity contribution in [3.63, 3.8) is 0 Å². The van der Waals surface area contributed by atoms with Crippen LogP contribution in [0.2, 0.25) is 0 Å². The van der Waals surface area contributed by atoms with Gasteiger partial charge in [0.1, 0.15) is 12.2 Å². The Morgan fingerprint density at radius 1 is 1.58 bits per heavy atom. The Morgan fingerprint density at radius 3 is 3.00 bits per heavy atom. The number of hydrogen-bond acceptors (Lipinski definition) is 5. The molecule has 0 aliphatic carbocycles. The Labute approximate surface area is 117 Å². The van der Waals surface area contributed by atoms with Crippen molar-refractivity contribution in [2.45, 2.75) is 19.5 Å². The van der Waals surface area contributed by atoms with Crippen LogP contribution in [0.3, 0.4) is 0 Å². The monoisotopic (exact) mass is 325 g/mol. The maximum atomic E-state index is 10.8. The quantitative estimate of drug-likeness (QED) is 0.649. The van der Waals surface area contributed by atoms with Crippen LogP contribution in [0.4, 0.5) is 5.69 Å². The number of aromatic nitrogens is 3. The van der Waals surface area contributed by atoms with Crippen LogP contribution in [-0.4, -0.2) is 20.1 Å². The van der Waals surface area contributed by atoms with E-state index in [4.69, 9.17) is 0 Å². The van der Waals surface area contributed by atoms with E-state index in [1.54, 1.807) is 12.1 Å². The number of aromatic amines is 1. The van der Waals surface area contributed by atoms with E-state index in [0.29, 0.717) is 11.0 Å². The van der Waals surface area contributed by atoms with Crippen molar-refractivity contribution in [1.29, 1.82) is 0 Å². The summed E-state index contributed by atoms with van der Waals surface area (Å²) in [6.07, 6.45) is 1.44. The zero-order valence-corrected chi connectivity index (χ0v) is 11.7. The standard InChI is InChI=1S/C11H12BrN5O2/c1-7(11-14-6-15-16-11)13-5-8-2-3-9(12)10(4-8)17(18)19/h2-4,6-7,13H,5H2,1H3,(H,14,15,16). The number of nitrogens with zero attached hydrogens (tertiary/aromatic N) is 3. The van der Waals surface area contributed by atoms with Gasteiger partial charge in [-0.3, -0.25) is 15.2 Å². The summed E-state index contributed by atoms with van der Waals surface area (Å²) in [4.78, 5) is 14.5. The first-order valence-electron chi connectivity index (χ1n) is 5.59. The van der Waals surface area contributed by atoms with E-state index in [-0.39, 0.29) is 11.7 Å². The number of H-pyrrole nitrogens is 1. The molecule has 1 aromatic carbocycles. The average Bonchev–Trinajstić information content (AvgIpc) is 2.91. The van der Waals surface area contributed by atoms with Gasteiger partial charge >= 0.3 is 0 Å². The molecule has 19 heavy (non-hydrogen) atoms. The van der Waals surface area contributed by atoms with Gasteiger partial charge in [0.2, 0.25) is 0 Å². The Balaban J connectivity index is 2.04. The van der Waals surface area contributed by atoms with Gasteiger partial charge in [-0.2, -0.15) is 5.10 Å². The van der Waals surface area contributed by atoms with Crippen LogP contribution in [-0.2, 0) is 6.54 Å². The highest BCUT2D eigenvalue weighted by Gasteiger charge is 2.13. The number of nitro benzene ring substituents is 1. The van der Waals surface area contributed by atoms with E-state index in [2.05, 4.69) is 36.4 Å². The third kappa shape index (κ3) is 3.36. The number of benzene rings is 1. The topological polar surface area (TPSA) is 96.7 Å². The van der Waals surface area contributed by atoms with Gasteiger partial charge in [-0.1, -0.05) is 6.07 Å². The summed E-state index contributed by atoms with van der Waals surface area (Å²) in [6, 6.07) is 5.04. The lowest BCUT2D eigenvalue weighted by molar-refractivity contribution is -0.385. The molecule has 0 aliphatic heterocycles. The molecule has 1 heterocycles. The van der Waals surface area contributed by atoms with E-state index < -0.39 is 4.92 Å². The summed E-state index contributed by atoms with van der Waals surface area (Å²) in [5.41, 5.74) is 0.896. The summed E-state index contributed by atoms with van der Waals surface area (Å²) in [5, 5.41) is 20.6. The van der Waals surface area contributed by atoms with Gasteiger partial charge in [0.05, 0.1) is 15.4 Å². The Kier molecular flexibility index (Phi) is 4.23. The molecule has 0 aliphatic rings. The maximum absolute atomic E-state index is 10.8. The Hall–Kier alpha value is -1.80. The molecule has 0 saturated heterocycles. The van der Waals surface area contributed by atoms with Crippen molar-refractivity contribution in [2.24, 2.45) is 0 Å². The van der Waals surface area contributed by atoms with Gasteiger partial charge < -0.3 is 5.32 Å². The summed E-state index contributed by atoms with van der Waals surface area (Å²) in [5.74, 6) is 0.728. The molecule has 0 radical (unpaired) electrons. The summed E-state index contributed by atoms with van der Waals surface area (Å²) in [7, 11) is 0. The molecule has 0 spiro atoms. The second kappa shape index (κ2) is 5.89. The van der Waals surface area contributed by atoms with Crippen molar-refractivity contribution in [2.75, 3.05) is 0 Å². The van der Waals surface area contributed by atoms with E-state index in [1.165, 1.54) is 6.33 Å². The van der Waals surface area contributed by atoms with E-state index >= 15 is 0 Å². The normalized spacial score (nSPS) is 12.3. The minimum Gasteiger partial charge on any atom is -0.303 e. The van der Waals surface area contributed by atoms with Crippen molar-refractivity contribution in [3.05, 3.63) is 50.5 Å². The van der Waals surface area contributed by atoms with Crippen LogP contribution in [0, 0.1) is 10.1 Å². The van der Waals surface area contributed by atoms with E-state index in [9.17, 15) is 10.1 Å². The Bertz CT molecular complexity index is 572. The van der Waals surface area contributed by atoms with Gasteiger partial charge in [0, 0.05) is 12.6 Å². The molecule has 2 N–H and O–H groups in total. The largest absolute Gasteiger partial charge is 0.303 e. The van der Waals surface area contributed by atoms with Crippen LogP contribution in [0.15, 0.2) is 29.0 Å². The molecule has 0 bridgehead atoms. The number of hydrogen-bond donors (Lipinski definition) is 2. The predicted molar refractivity (Wildman–Crippen MR) is 72.4 cm³/mol. The number of halogens is 1. The second-order valence-corrected chi connectivity index (χ2v) is 4.87. The molecule has 7 nitrogen and oxygen atoms in total. The highest BCUT2D eigenvalue weighted by atomic mass is 79.9. The van der Waals surface area contributed by atoms with E-state index in [0.717, 1.165) is 11.4 Å². The summed E-state index contributed by atoms with van der Waals surface area (Å²) >= 11 is 3.16. The first-order chi connectivity index (χ1) is 9.08. The fourth-order valence-corrected chi connectivity index (χ4v) is 1.99. The van der Waals surface area contributed by atoms with Crippen LogP contribution in [0.1, 0.15) is 24.4 Å². The minimum atomic E-state index is -0.409. The first kappa shape index (κ1) is 13.6. The highest BCUT2D eigenvalue weighted by Crippen LogP contribution is 2.25. The van der Waals surface area contributed by atoms with Crippen LogP contribution < -0.4 is 5.32 Å². The van der Waals surface area contributed by atoms with Crippen LogP contribution in [0.5, 0.6) is 0 Å². The molecular weight excluding hydrogens is 314 g/mol. The molecule has 8 heteroatoms. The minimum absolute atomic E-state index is 0.00907. The lowest BCUT2D eigenvalue weighted by Crippen LogP contribution is -2.19. The molecule has 0 amide bonds. The van der Waals surface area contributed by atoms with Crippen LogP contribution >= 0.6 is 15.9 Å². The molecule has 2 rings (SSSR count). The maximum Gasteiger partial charge on any atom is 0.283 e. The smallest absolute Gasteiger partial charge is 0.283 e. The van der Waals surface area contributed by atoms with E-state index in [1.807, 2.05) is 13.0 Å². The van der Waals surface area contributed by atoms with Crippen molar-refractivity contribution in [3.8, 4) is 0 Å². The molecule has 100 valence electrons. The van der Waals surface area contributed by atoms with Gasteiger partial charge in [0.25, 0.3) is 5.69 Å². The van der Waals surface area contributed by atoms with Gasteiger partial charge in [-0.05, 0) is 34.5 Å². The Morgan fingerprint density at radius 2 is 2.37 bits per heavy atom. The molecule has 0 fully saturated rings. The van der Waals surface area contributed by atoms with Gasteiger partial charge in [-0.15, -0.1) is 0 Å². The molecule has 1 atom stereocenters. The molecule has 1 unspecified atom stereocenters. The fraction of sp³-hybridized carbons (Fsp3) is 0.273.